The molecule has 34 heavy (non-hydrogen) atoms. The highest BCUT2D eigenvalue weighted by Crippen LogP contribution is 2.43. The number of anilines is 1. The molecule has 2 aromatic carbocycles. The average Bonchev–Trinajstić information content (AvgIpc) is 3.51. The molecule has 0 atom stereocenters. The average molecular weight is 459 g/mol. The number of hydrogen-bond donors (Lipinski definition) is 2. The van der Waals surface area contributed by atoms with Crippen LogP contribution < -0.4 is 4.90 Å². The molecule has 6 rings (SSSR count). The zero-order chi connectivity index (χ0) is 23.6. The van der Waals surface area contributed by atoms with Crippen LogP contribution >= 0.6 is 0 Å². The number of aromatic amines is 2. The number of benzene rings is 2. The summed E-state index contributed by atoms with van der Waals surface area (Å²) >= 11 is 0. The molecule has 1 fully saturated rings. The van der Waals surface area contributed by atoms with E-state index in [1.165, 1.54) is 0 Å². The highest BCUT2D eigenvalue weighted by molar-refractivity contribution is 6.09. The molecular formula is C25H26N6O3. The van der Waals surface area contributed by atoms with Gasteiger partial charge in [-0.3, -0.25) is 14.7 Å². The van der Waals surface area contributed by atoms with Gasteiger partial charge in [0, 0.05) is 30.6 Å². The van der Waals surface area contributed by atoms with E-state index in [1.54, 1.807) is 0 Å². The molecular weight excluding hydrogens is 432 g/mol. The maximum absolute atomic E-state index is 13.0. The Hall–Kier alpha value is -3.72. The molecule has 2 aromatic heterocycles. The maximum Gasteiger partial charge on any atom is 0.254 e. The fourth-order valence-electron chi connectivity index (χ4n) is 5.03. The fraction of sp³-hybridized carbons (Fsp3) is 0.360. The van der Waals surface area contributed by atoms with Crippen LogP contribution in [0.1, 0.15) is 36.7 Å². The van der Waals surface area contributed by atoms with Crippen molar-refractivity contribution < 1.29 is 14.3 Å². The number of morpholine rings is 1. The number of carbonyl (C=O) groups excluding carboxylic acids is 2. The first-order chi connectivity index (χ1) is 16.4. The van der Waals surface area contributed by atoms with Crippen molar-refractivity contribution in [2.24, 2.45) is 0 Å². The molecule has 0 radical (unpaired) electrons. The lowest BCUT2D eigenvalue weighted by Crippen LogP contribution is -2.40. The lowest BCUT2D eigenvalue weighted by molar-refractivity contribution is -0.122. The van der Waals surface area contributed by atoms with Crippen LogP contribution in [-0.4, -0.2) is 69.7 Å². The van der Waals surface area contributed by atoms with Crippen molar-refractivity contribution in [2.75, 3.05) is 37.7 Å². The number of imidazole rings is 1. The van der Waals surface area contributed by atoms with Gasteiger partial charge in [-0.1, -0.05) is 0 Å². The van der Waals surface area contributed by atoms with E-state index >= 15 is 0 Å². The molecule has 0 bridgehead atoms. The second-order valence-corrected chi connectivity index (χ2v) is 9.38. The van der Waals surface area contributed by atoms with Crippen molar-refractivity contribution in [3.05, 3.63) is 41.5 Å². The molecule has 4 aromatic rings. The van der Waals surface area contributed by atoms with Crippen LogP contribution in [0.25, 0.3) is 33.5 Å². The van der Waals surface area contributed by atoms with Gasteiger partial charge < -0.3 is 19.5 Å². The van der Waals surface area contributed by atoms with Crippen molar-refractivity contribution in [3.63, 3.8) is 0 Å². The molecule has 0 saturated carbocycles. The summed E-state index contributed by atoms with van der Waals surface area (Å²) in [6, 6.07) is 9.58. The van der Waals surface area contributed by atoms with Gasteiger partial charge in [0.15, 0.2) is 5.82 Å². The smallest absolute Gasteiger partial charge is 0.254 e. The summed E-state index contributed by atoms with van der Waals surface area (Å²) in [6.45, 7) is 8.82. The third kappa shape index (κ3) is 2.96. The Morgan fingerprint density at radius 2 is 1.94 bits per heavy atom. The zero-order valence-electron chi connectivity index (χ0n) is 19.4. The Kier molecular flexibility index (Phi) is 4.54. The van der Waals surface area contributed by atoms with Gasteiger partial charge >= 0.3 is 0 Å². The number of likely N-dealkylation sites (N-methyl/N-ethyl adjacent to an activating group) is 1. The number of aromatic nitrogens is 4. The highest BCUT2D eigenvalue weighted by atomic mass is 16.5. The van der Waals surface area contributed by atoms with E-state index in [0.717, 1.165) is 33.2 Å². The van der Waals surface area contributed by atoms with Gasteiger partial charge in [0.05, 0.1) is 40.9 Å². The minimum Gasteiger partial charge on any atom is -0.378 e. The summed E-state index contributed by atoms with van der Waals surface area (Å²) < 4.78 is 5.37. The van der Waals surface area contributed by atoms with Crippen LogP contribution in [0.2, 0.25) is 0 Å². The number of ether oxygens (including phenoxy) is 1. The second-order valence-electron chi connectivity index (χ2n) is 9.38. The summed E-state index contributed by atoms with van der Waals surface area (Å²) in [4.78, 5) is 37.7. The Morgan fingerprint density at radius 1 is 1.15 bits per heavy atom. The lowest BCUT2D eigenvalue weighted by Gasteiger charge is -2.26. The quantitative estimate of drug-likeness (QED) is 0.490. The third-order valence-electron chi connectivity index (χ3n) is 6.99. The molecule has 9 heteroatoms. The van der Waals surface area contributed by atoms with E-state index < -0.39 is 5.41 Å². The van der Waals surface area contributed by atoms with Crippen molar-refractivity contribution in [1.29, 1.82) is 0 Å². The topological polar surface area (TPSA) is 107 Å². The number of carbonyl (C=O) groups is 2. The molecule has 2 aliphatic rings. The first kappa shape index (κ1) is 20.9. The van der Waals surface area contributed by atoms with Crippen molar-refractivity contribution in [3.8, 4) is 11.5 Å². The van der Waals surface area contributed by atoms with Crippen LogP contribution in [0, 0.1) is 0 Å². The van der Waals surface area contributed by atoms with Gasteiger partial charge in [-0.2, -0.15) is 5.10 Å². The predicted octanol–water partition coefficient (Wildman–Crippen LogP) is 3.22. The normalized spacial score (nSPS) is 17.7. The van der Waals surface area contributed by atoms with Gasteiger partial charge in [0.2, 0.25) is 5.91 Å². The van der Waals surface area contributed by atoms with Crippen LogP contribution in [0.5, 0.6) is 0 Å². The molecule has 4 heterocycles. The van der Waals surface area contributed by atoms with E-state index in [2.05, 4.69) is 15.2 Å². The fourth-order valence-corrected chi connectivity index (χ4v) is 5.03. The van der Waals surface area contributed by atoms with E-state index in [-0.39, 0.29) is 11.8 Å². The summed E-state index contributed by atoms with van der Waals surface area (Å²) in [5.74, 6) is 0.714. The maximum atomic E-state index is 13.0. The Balaban J connectivity index is 1.42. The Bertz CT molecular complexity index is 1460. The molecule has 0 aliphatic carbocycles. The third-order valence-corrected chi connectivity index (χ3v) is 6.99. The molecule has 0 unspecified atom stereocenters. The SMILES string of the molecule is CCN1C(=O)C(C)(C)c2cc3nc(-c4n[nH]c5ccc(C(=O)N6CCOCC6)cc45)[nH]c3cc21. The van der Waals surface area contributed by atoms with Gasteiger partial charge in [-0.25, -0.2) is 4.98 Å². The highest BCUT2D eigenvalue weighted by Gasteiger charge is 2.43. The minimum atomic E-state index is -0.591. The van der Waals surface area contributed by atoms with E-state index in [1.807, 2.05) is 60.9 Å². The summed E-state index contributed by atoms with van der Waals surface area (Å²) in [5, 5.41) is 8.38. The van der Waals surface area contributed by atoms with E-state index in [9.17, 15) is 9.59 Å². The summed E-state index contributed by atoms with van der Waals surface area (Å²) in [7, 11) is 0. The molecule has 174 valence electrons. The number of hydrogen-bond acceptors (Lipinski definition) is 5. The molecule has 1 saturated heterocycles. The second kappa shape index (κ2) is 7.39. The number of fused-ring (bicyclic) bond motifs is 3. The van der Waals surface area contributed by atoms with Crippen molar-refractivity contribution in [2.45, 2.75) is 26.2 Å². The van der Waals surface area contributed by atoms with Crippen LogP contribution in [0.15, 0.2) is 30.3 Å². The zero-order valence-corrected chi connectivity index (χ0v) is 19.4. The largest absolute Gasteiger partial charge is 0.378 e. The number of nitrogens with one attached hydrogen (secondary N) is 2. The van der Waals surface area contributed by atoms with Crippen LogP contribution in [-0.2, 0) is 14.9 Å². The molecule has 2 N–H and O–H groups in total. The Labute approximate surface area is 196 Å². The number of nitrogens with zero attached hydrogens (tertiary/aromatic N) is 4. The first-order valence-electron chi connectivity index (χ1n) is 11.6. The Morgan fingerprint density at radius 3 is 2.71 bits per heavy atom. The van der Waals surface area contributed by atoms with Crippen LogP contribution in [0.4, 0.5) is 5.69 Å². The van der Waals surface area contributed by atoms with Crippen molar-refractivity contribution in [1.82, 2.24) is 25.1 Å². The summed E-state index contributed by atoms with van der Waals surface area (Å²) in [5.41, 5.74) is 5.04. The summed E-state index contributed by atoms with van der Waals surface area (Å²) in [6.07, 6.45) is 0. The monoisotopic (exact) mass is 458 g/mol. The van der Waals surface area contributed by atoms with Crippen LogP contribution in [0.3, 0.4) is 0 Å². The number of amides is 2. The van der Waals surface area contributed by atoms with Gasteiger partial charge in [-0.05, 0) is 56.7 Å². The number of H-pyrrole nitrogens is 2. The van der Waals surface area contributed by atoms with Gasteiger partial charge in [0.1, 0.15) is 5.69 Å². The first-order valence-corrected chi connectivity index (χ1v) is 11.6. The van der Waals surface area contributed by atoms with Gasteiger partial charge in [0.25, 0.3) is 5.91 Å². The molecule has 2 amide bonds. The van der Waals surface area contributed by atoms with E-state index in [4.69, 9.17) is 9.72 Å². The van der Waals surface area contributed by atoms with Gasteiger partial charge in [-0.15, -0.1) is 0 Å². The van der Waals surface area contributed by atoms with Crippen molar-refractivity contribution >= 4 is 39.4 Å². The minimum absolute atomic E-state index is 0.00932. The number of rotatable bonds is 3. The predicted molar refractivity (Wildman–Crippen MR) is 129 cm³/mol. The molecule has 9 nitrogen and oxygen atoms in total. The van der Waals surface area contributed by atoms with E-state index in [0.29, 0.717) is 49.9 Å². The lowest BCUT2D eigenvalue weighted by atomic mass is 9.86. The standard InChI is InChI=1S/C25H26N6O3/c1-4-31-20-13-19-18(12-16(20)25(2,3)24(31)33)26-22(27-19)21-15-11-14(5-6-17(15)28-29-21)23(32)30-7-9-34-10-8-30/h5-6,11-13H,4,7-10H2,1-3H3,(H,26,27)(H,28,29). The molecule has 2 aliphatic heterocycles. The molecule has 0 spiro atoms.